The molecule has 6 rings (SSSR count). The average molecular weight is 393 g/mol. The van der Waals surface area contributed by atoms with Crippen molar-refractivity contribution in [2.24, 2.45) is 13.0 Å². The van der Waals surface area contributed by atoms with Crippen LogP contribution in [0.1, 0.15) is 40.7 Å². The van der Waals surface area contributed by atoms with E-state index >= 15 is 0 Å². The predicted octanol–water partition coefficient (Wildman–Crippen LogP) is 2.84. The minimum atomic E-state index is -1.11. The highest BCUT2D eigenvalue weighted by Crippen LogP contribution is 2.67. The molecule has 1 aromatic carbocycles. The van der Waals surface area contributed by atoms with Crippen LogP contribution in [0.5, 0.6) is 0 Å². The molecule has 3 fully saturated rings. The number of aryl methyl sites for hydroxylation is 1. The number of nitrogens with zero attached hydrogens (tertiary/aromatic N) is 3. The lowest BCUT2D eigenvalue weighted by atomic mass is 9.40. The third-order valence-corrected chi connectivity index (χ3v) is 6.41. The van der Waals surface area contributed by atoms with Gasteiger partial charge in [0.1, 0.15) is 11.4 Å². The third-order valence-electron chi connectivity index (χ3n) is 6.41. The van der Waals surface area contributed by atoms with Gasteiger partial charge in [-0.15, -0.1) is 0 Å². The van der Waals surface area contributed by atoms with Gasteiger partial charge in [0.05, 0.1) is 11.1 Å². The molecule has 0 aliphatic heterocycles. The maximum atomic E-state index is 14.1. The van der Waals surface area contributed by atoms with Gasteiger partial charge in [0.2, 0.25) is 0 Å². The Balaban J connectivity index is 1.38. The van der Waals surface area contributed by atoms with Gasteiger partial charge < -0.3 is 10.6 Å². The molecule has 2 heterocycles. The molecule has 0 saturated heterocycles. The molecule has 3 aliphatic carbocycles. The van der Waals surface area contributed by atoms with Gasteiger partial charge in [-0.2, -0.15) is 5.10 Å². The number of hydrogen-bond donors (Lipinski definition) is 2. The standard InChI is InChI=1S/C21H20FN5O2/c1-12-20(22)10-21(12,11-20)25-19(29)17-14-7-6-13(9-16(14)27(2)26-17)24-18(28)15-5-3-4-8-23-15/h3-9,12H,10-11H2,1-2H3,(H,24,28)(H,25,29)/t12-,20?,21?/m0/s1. The number of rotatable bonds is 4. The molecular formula is C21H20FN5O2. The van der Waals surface area contributed by atoms with Crippen LogP contribution in [0.2, 0.25) is 0 Å². The molecule has 3 aromatic rings. The van der Waals surface area contributed by atoms with E-state index < -0.39 is 11.2 Å². The summed E-state index contributed by atoms with van der Waals surface area (Å²) in [5.74, 6) is -0.778. The molecule has 29 heavy (non-hydrogen) atoms. The number of halogens is 1. The van der Waals surface area contributed by atoms with E-state index in [0.29, 0.717) is 40.8 Å². The van der Waals surface area contributed by atoms with Crippen molar-refractivity contribution >= 4 is 28.4 Å². The van der Waals surface area contributed by atoms with Crippen LogP contribution < -0.4 is 10.6 Å². The van der Waals surface area contributed by atoms with Crippen LogP contribution in [0.15, 0.2) is 42.6 Å². The molecule has 0 spiro atoms. The Kier molecular flexibility index (Phi) is 3.59. The highest BCUT2D eigenvalue weighted by Gasteiger charge is 2.75. The zero-order chi connectivity index (χ0) is 20.4. The molecule has 2 bridgehead atoms. The SMILES string of the molecule is C[C@H]1C2(F)CC1(NC(=O)c1nn(C)c3cc(NC(=O)c4ccccn4)ccc13)C2. The van der Waals surface area contributed by atoms with Gasteiger partial charge in [-0.25, -0.2) is 4.39 Å². The number of hydrogen-bond acceptors (Lipinski definition) is 4. The van der Waals surface area contributed by atoms with Gasteiger partial charge in [0.25, 0.3) is 11.8 Å². The molecule has 8 heteroatoms. The van der Waals surface area contributed by atoms with Crippen LogP contribution in [0.4, 0.5) is 10.1 Å². The second-order valence-electron chi connectivity index (χ2n) is 8.09. The number of carbonyl (C=O) groups excluding carboxylic acids is 2. The molecule has 0 radical (unpaired) electrons. The van der Waals surface area contributed by atoms with Crippen molar-refractivity contribution in [2.45, 2.75) is 31.0 Å². The molecule has 2 aromatic heterocycles. The predicted molar refractivity (Wildman–Crippen MR) is 105 cm³/mol. The normalized spacial score (nSPS) is 27.1. The number of aromatic nitrogens is 3. The largest absolute Gasteiger partial charge is 0.345 e. The summed E-state index contributed by atoms with van der Waals surface area (Å²) in [6.07, 6.45) is 2.31. The number of amides is 2. The molecule has 1 atom stereocenters. The minimum Gasteiger partial charge on any atom is -0.345 e. The fourth-order valence-corrected chi connectivity index (χ4v) is 4.52. The summed E-state index contributed by atoms with van der Waals surface area (Å²) in [5.41, 5.74) is 0.356. The summed E-state index contributed by atoms with van der Waals surface area (Å²) in [6, 6.07) is 10.4. The van der Waals surface area contributed by atoms with Crippen LogP contribution in [0, 0.1) is 5.92 Å². The van der Waals surface area contributed by atoms with E-state index in [1.807, 2.05) is 6.92 Å². The number of carbonyl (C=O) groups is 2. The number of pyridine rings is 1. The van der Waals surface area contributed by atoms with E-state index in [9.17, 15) is 14.0 Å². The van der Waals surface area contributed by atoms with Crippen LogP contribution in [0.3, 0.4) is 0 Å². The van der Waals surface area contributed by atoms with Crippen molar-refractivity contribution in [1.29, 1.82) is 0 Å². The number of fused-ring (bicyclic) bond motifs is 1. The molecule has 0 unspecified atom stereocenters. The number of anilines is 1. The first-order valence-electron chi connectivity index (χ1n) is 9.52. The molecule has 148 valence electrons. The Labute approximate surface area is 166 Å². The first-order chi connectivity index (χ1) is 13.8. The zero-order valence-electron chi connectivity index (χ0n) is 16.1. The van der Waals surface area contributed by atoms with Gasteiger partial charge in [0, 0.05) is 43.1 Å². The summed E-state index contributed by atoms with van der Waals surface area (Å²) in [7, 11) is 1.74. The smallest absolute Gasteiger partial charge is 0.274 e. The molecular weight excluding hydrogens is 373 g/mol. The Bertz CT molecular complexity index is 1150. The fraction of sp³-hybridized carbons (Fsp3) is 0.333. The summed E-state index contributed by atoms with van der Waals surface area (Å²) >= 11 is 0. The van der Waals surface area contributed by atoms with Crippen molar-refractivity contribution in [3.8, 4) is 0 Å². The summed E-state index contributed by atoms with van der Waals surface area (Å²) < 4.78 is 15.7. The highest BCUT2D eigenvalue weighted by atomic mass is 19.1. The lowest BCUT2D eigenvalue weighted by Crippen LogP contribution is -2.83. The van der Waals surface area contributed by atoms with E-state index in [4.69, 9.17) is 0 Å². The first kappa shape index (κ1) is 17.8. The van der Waals surface area contributed by atoms with Crippen molar-refractivity contribution in [2.75, 3.05) is 5.32 Å². The Morgan fingerprint density at radius 1 is 1.21 bits per heavy atom. The number of nitrogens with one attached hydrogen (secondary N) is 2. The minimum absolute atomic E-state index is 0.165. The summed E-state index contributed by atoms with van der Waals surface area (Å²) in [4.78, 5) is 29.2. The lowest BCUT2D eigenvalue weighted by Gasteiger charge is -2.71. The summed E-state index contributed by atoms with van der Waals surface area (Å²) in [6.45, 7) is 1.83. The number of benzene rings is 1. The Morgan fingerprint density at radius 3 is 2.66 bits per heavy atom. The van der Waals surface area contributed by atoms with Gasteiger partial charge in [0.15, 0.2) is 5.69 Å². The van der Waals surface area contributed by atoms with Crippen LogP contribution >= 0.6 is 0 Å². The first-order valence-corrected chi connectivity index (χ1v) is 9.52. The Morgan fingerprint density at radius 2 is 2.00 bits per heavy atom. The van der Waals surface area contributed by atoms with Crippen molar-refractivity contribution in [3.05, 3.63) is 54.0 Å². The fourth-order valence-electron chi connectivity index (χ4n) is 4.52. The average Bonchev–Trinajstić information content (AvgIpc) is 3.04. The van der Waals surface area contributed by atoms with E-state index in [-0.39, 0.29) is 17.7 Å². The molecule has 2 N–H and O–H groups in total. The van der Waals surface area contributed by atoms with Gasteiger partial charge in [-0.1, -0.05) is 13.0 Å². The van der Waals surface area contributed by atoms with E-state index in [1.165, 1.54) is 0 Å². The van der Waals surface area contributed by atoms with Gasteiger partial charge in [-0.3, -0.25) is 19.3 Å². The maximum Gasteiger partial charge on any atom is 0.274 e. The van der Waals surface area contributed by atoms with E-state index in [2.05, 4.69) is 20.7 Å². The van der Waals surface area contributed by atoms with Crippen molar-refractivity contribution in [3.63, 3.8) is 0 Å². The second-order valence-corrected chi connectivity index (χ2v) is 8.09. The van der Waals surface area contributed by atoms with Crippen LogP contribution in [0.25, 0.3) is 10.9 Å². The van der Waals surface area contributed by atoms with Crippen LogP contribution in [-0.2, 0) is 7.05 Å². The van der Waals surface area contributed by atoms with Crippen molar-refractivity contribution < 1.29 is 14.0 Å². The molecule has 3 saturated carbocycles. The topological polar surface area (TPSA) is 88.9 Å². The quantitative estimate of drug-likeness (QED) is 0.713. The number of alkyl halides is 1. The van der Waals surface area contributed by atoms with Crippen molar-refractivity contribution in [1.82, 2.24) is 20.1 Å². The zero-order valence-corrected chi connectivity index (χ0v) is 16.1. The monoisotopic (exact) mass is 393 g/mol. The van der Waals surface area contributed by atoms with E-state index in [0.717, 1.165) is 0 Å². The van der Waals surface area contributed by atoms with E-state index in [1.54, 1.807) is 54.3 Å². The van der Waals surface area contributed by atoms with Gasteiger partial charge in [-0.05, 0) is 30.3 Å². The van der Waals surface area contributed by atoms with Crippen LogP contribution in [-0.4, -0.2) is 37.8 Å². The molecule has 7 nitrogen and oxygen atoms in total. The van der Waals surface area contributed by atoms with Gasteiger partial charge >= 0.3 is 0 Å². The summed E-state index contributed by atoms with van der Waals surface area (Å²) in [5, 5.41) is 10.8. The third kappa shape index (κ3) is 2.55. The molecule has 2 amide bonds. The highest BCUT2D eigenvalue weighted by molar-refractivity contribution is 6.07. The molecule has 3 aliphatic rings. The second kappa shape index (κ2) is 5.85. The lowest BCUT2D eigenvalue weighted by molar-refractivity contribution is -0.223. The maximum absolute atomic E-state index is 14.1. The Hall–Kier alpha value is -3.29.